The van der Waals surface area contributed by atoms with E-state index < -0.39 is 0 Å². The Morgan fingerprint density at radius 1 is 1.28 bits per heavy atom. The Morgan fingerprint density at radius 2 is 2.11 bits per heavy atom. The van der Waals surface area contributed by atoms with Crippen LogP contribution >= 0.6 is 23.5 Å². The van der Waals surface area contributed by atoms with Gasteiger partial charge < -0.3 is 9.84 Å². The molecule has 0 spiro atoms. The Hall–Kier alpha value is -0.200. The molecule has 6 heteroatoms. The highest BCUT2D eigenvalue weighted by Crippen LogP contribution is 2.41. The molecule has 1 aromatic heterocycles. The Labute approximate surface area is 116 Å². The predicted octanol–water partition coefficient (Wildman–Crippen LogP) is 2.65. The Kier molecular flexibility index (Phi) is 3.86. The van der Waals surface area contributed by atoms with Gasteiger partial charge in [0, 0.05) is 16.8 Å². The highest BCUT2D eigenvalue weighted by molar-refractivity contribution is 8.06. The number of nitrogens with one attached hydrogen (secondary N) is 1. The van der Waals surface area contributed by atoms with Gasteiger partial charge in [0.15, 0.2) is 5.82 Å². The minimum Gasteiger partial charge on any atom is -0.338 e. The standard InChI is InChI=1S/C12H19N3OS2/c1-7-3-4-13-9(7)12-14-11(15-16-12)10-8(2)17-5-6-18-10/h7-10,13H,3-6H2,1-2H3. The molecule has 18 heavy (non-hydrogen) atoms. The normalized spacial score (nSPS) is 37.0. The third-order valence-corrected chi connectivity index (χ3v) is 6.79. The van der Waals surface area contributed by atoms with Crippen LogP contribution in [0.3, 0.4) is 0 Å². The molecule has 0 bridgehead atoms. The monoisotopic (exact) mass is 285 g/mol. The summed E-state index contributed by atoms with van der Waals surface area (Å²) in [6, 6.07) is 0.253. The lowest BCUT2D eigenvalue weighted by molar-refractivity contribution is 0.316. The fourth-order valence-corrected chi connectivity index (χ4v) is 5.25. The molecule has 4 unspecified atom stereocenters. The molecule has 0 aliphatic carbocycles. The lowest BCUT2D eigenvalue weighted by Crippen LogP contribution is -2.18. The number of hydrogen-bond acceptors (Lipinski definition) is 6. The first-order chi connectivity index (χ1) is 8.75. The van der Waals surface area contributed by atoms with Crippen LogP contribution in [0.1, 0.15) is 43.3 Å². The summed E-state index contributed by atoms with van der Waals surface area (Å²) >= 11 is 3.96. The van der Waals surface area contributed by atoms with Gasteiger partial charge >= 0.3 is 0 Å². The van der Waals surface area contributed by atoms with Crippen LogP contribution in [-0.4, -0.2) is 33.4 Å². The fraction of sp³-hybridized carbons (Fsp3) is 0.833. The van der Waals surface area contributed by atoms with E-state index in [1.165, 1.54) is 17.9 Å². The summed E-state index contributed by atoms with van der Waals surface area (Å²) in [7, 11) is 0. The second-order valence-corrected chi connectivity index (χ2v) is 7.79. The summed E-state index contributed by atoms with van der Waals surface area (Å²) in [6.45, 7) is 5.55. The van der Waals surface area contributed by atoms with Gasteiger partial charge in [-0.05, 0) is 18.9 Å². The van der Waals surface area contributed by atoms with E-state index in [4.69, 9.17) is 4.52 Å². The molecule has 100 valence electrons. The summed E-state index contributed by atoms with van der Waals surface area (Å²) in [4.78, 5) is 4.64. The van der Waals surface area contributed by atoms with Gasteiger partial charge in [0.05, 0.1) is 11.3 Å². The predicted molar refractivity (Wildman–Crippen MR) is 75.9 cm³/mol. The number of aromatic nitrogens is 2. The van der Waals surface area contributed by atoms with Crippen molar-refractivity contribution in [2.24, 2.45) is 5.92 Å². The maximum atomic E-state index is 5.47. The van der Waals surface area contributed by atoms with Crippen molar-refractivity contribution in [3.05, 3.63) is 11.7 Å². The molecule has 3 heterocycles. The van der Waals surface area contributed by atoms with E-state index >= 15 is 0 Å². The van der Waals surface area contributed by atoms with Crippen LogP contribution in [0.4, 0.5) is 0 Å². The molecule has 1 N–H and O–H groups in total. The van der Waals surface area contributed by atoms with E-state index in [9.17, 15) is 0 Å². The number of thioether (sulfide) groups is 2. The van der Waals surface area contributed by atoms with Crippen LogP contribution in [-0.2, 0) is 0 Å². The molecule has 2 aliphatic heterocycles. The quantitative estimate of drug-likeness (QED) is 0.901. The van der Waals surface area contributed by atoms with E-state index in [1.807, 2.05) is 23.5 Å². The van der Waals surface area contributed by atoms with Crippen molar-refractivity contribution in [3.63, 3.8) is 0 Å². The summed E-state index contributed by atoms with van der Waals surface area (Å²) in [5.41, 5.74) is 0. The zero-order chi connectivity index (χ0) is 12.5. The van der Waals surface area contributed by atoms with Crippen LogP contribution in [0.2, 0.25) is 0 Å². The number of nitrogens with zero attached hydrogens (tertiary/aromatic N) is 2. The maximum Gasteiger partial charge on any atom is 0.244 e. The van der Waals surface area contributed by atoms with Gasteiger partial charge in [0.2, 0.25) is 5.89 Å². The first-order valence-electron chi connectivity index (χ1n) is 6.56. The summed E-state index contributed by atoms with van der Waals surface area (Å²) in [5.74, 6) is 4.66. The molecule has 3 rings (SSSR count). The van der Waals surface area contributed by atoms with Gasteiger partial charge in [-0.15, -0.1) is 11.8 Å². The van der Waals surface area contributed by atoms with Crippen molar-refractivity contribution < 1.29 is 4.52 Å². The number of rotatable bonds is 2. The molecule has 4 atom stereocenters. The van der Waals surface area contributed by atoms with Crippen molar-refractivity contribution in [2.75, 3.05) is 18.1 Å². The second kappa shape index (κ2) is 5.43. The van der Waals surface area contributed by atoms with E-state index in [0.717, 1.165) is 18.3 Å². The van der Waals surface area contributed by atoms with Crippen molar-refractivity contribution in [1.82, 2.24) is 15.5 Å². The van der Waals surface area contributed by atoms with Gasteiger partial charge in [-0.3, -0.25) is 0 Å². The molecule has 2 aliphatic rings. The minimum atomic E-state index is 0.253. The molecule has 1 aromatic rings. The molecule has 0 amide bonds. The SMILES string of the molecule is CC1CCNC1c1nc(C2SCCSC2C)no1. The largest absolute Gasteiger partial charge is 0.338 e. The molecule has 0 aromatic carbocycles. The molecule has 2 saturated heterocycles. The van der Waals surface area contributed by atoms with Crippen molar-refractivity contribution in [3.8, 4) is 0 Å². The van der Waals surface area contributed by atoms with E-state index in [2.05, 4.69) is 29.3 Å². The third-order valence-electron chi connectivity index (χ3n) is 3.70. The maximum absolute atomic E-state index is 5.47. The molecular formula is C12H19N3OS2. The first kappa shape index (κ1) is 12.8. The fourth-order valence-electron chi connectivity index (χ4n) is 2.57. The zero-order valence-corrected chi connectivity index (χ0v) is 12.4. The average molecular weight is 285 g/mol. The minimum absolute atomic E-state index is 0.253. The van der Waals surface area contributed by atoms with Gasteiger partial charge in [-0.2, -0.15) is 16.7 Å². The molecule has 0 saturated carbocycles. The highest BCUT2D eigenvalue weighted by atomic mass is 32.2. The second-order valence-electron chi connectivity index (χ2n) is 5.06. The zero-order valence-electron chi connectivity index (χ0n) is 10.8. The van der Waals surface area contributed by atoms with Crippen LogP contribution < -0.4 is 5.32 Å². The van der Waals surface area contributed by atoms with E-state index in [1.54, 1.807) is 0 Å². The first-order valence-corrected chi connectivity index (χ1v) is 8.65. The van der Waals surface area contributed by atoms with Crippen molar-refractivity contribution in [2.45, 2.75) is 36.8 Å². The van der Waals surface area contributed by atoms with Gasteiger partial charge in [0.25, 0.3) is 0 Å². The molecule has 2 fully saturated rings. The average Bonchev–Trinajstić information content (AvgIpc) is 2.98. The van der Waals surface area contributed by atoms with Crippen LogP contribution in [0.25, 0.3) is 0 Å². The topological polar surface area (TPSA) is 51.0 Å². The van der Waals surface area contributed by atoms with Crippen molar-refractivity contribution >= 4 is 23.5 Å². The summed E-state index contributed by atoms with van der Waals surface area (Å²) < 4.78 is 5.47. The van der Waals surface area contributed by atoms with Gasteiger partial charge in [-0.25, -0.2) is 0 Å². The van der Waals surface area contributed by atoms with Crippen LogP contribution in [0.5, 0.6) is 0 Å². The van der Waals surface area contributed by atoms with Gasteiger partial charge in [-0.1, -0.05) is 19.0 Å². The Morgan fingerprint density at radius 3 is 2.83 bits per heavy atom. The summed E-state index contributed by atoms with van der Waals surface area (Å²) in [6.07, 6.45) is 1.19. The molecular weight excluding hydrogens is 266 g/mol. The van der Waals surface area contributed by atoms with E-state index in [0.29, 0.717) is 16.4 Å². The smallest absolute Gasteiger partial charge is 0.244 e. The van der Waals surface area contributed by atoms with Crippen LogP contribution in [0.15, 0.2) is 4.52 Å². The third kappa shape index (κ3) is 2.42. The Balaban J connectivity index is 1.76. The van der Waals surface area contributed by atoms with Gasteiger partial charge in [0.1, 0.15) is 0 Å². The highest BCUT2D eigenvalue weighted by Gasteiger charge is 2.32. The Bertz CT molecular complexity index is 412. The van der Waals surface area contributed by atoms with Crippen molar-refractivity contribution in [1.29, 1.82) is 0 Å². The lowest BCUT2D eigenvalue weighted by atomic mass is 10.0. The van der Waals surface area contributed by atoms with E-state index in [-0.39, 0.29) is 6.04 Å². The lowest BCUT2D eigenvalue weighted by Gasteiger charge is -2.24. The summed E-state index contributed by atoms with van der Waals surface area (Å²) in [5, 5.41) is 8.61. The van der Waals surface area contributed by atoms with Crippen LogP contribution in [0, 0.1) is 5.92 Å². The molecule has 4 nitrogen and oxygen atoms in total. The molecule has 0 radical (unpaired) electrons. The number of hydrogen-bond donors (Lipinski definition) is 1.